The Morgan fingerprint density at radius 1 is 1.09 bits per heavy atom. The molecule has 0 aromatic heterocycles. The molecule has 0 spiro atoms. The molecule has 116 valence electrons. The van der Waals surface area contributed by atoms with Gasteiger partial charge in [0.25, 0.3) is 0 Å². The predicted molar refractivity (Wildman–Crippen MR) is 98.4 cm³/mol. The Morgan fingerprint density at radius 3 is 2.48 bits per heavy atom. The summed E-state index contributed by atoms with van der Waals surface area (Å²) in [7, 11) is 1.67. The highest BCUT2D eigenvalue weighted by atomic mass is 32.2. The second-order valence-electron chi connectivity index (χ2n) is 4.99. The van der Waals surface area contributed by atoms with E-state index in [9.17, 15) is 0 Å². The fraction of sp³-hybridized carbons (Fsp3) is 0.105. The first-order chi connectivity index (χ1) is 11.3. The molecule has 0 bridgehead atoms. The largest absolute Gasteiger partial charge is 0.497 e. The number of hydrogen-bond acceptors (Lipinski definition) is 4. The van der Waals surface area contributed by atoms with Gasteiger partial charge in [0.05, 0.1) is 19.4 Å². The average molecular weight is 322 g/mol. The van der Waals surface area contributed by atoms with Crippen LogP contribution in [0.2, 0.25) is 0 Å². The number of nitrogens with zero attached hydrogens (tertiary/aromatic N) is 2. The SMILES string of the molecule is C=CCN1N=C(c2ccccc2)SC=C1c1ccc(OC)cc1. The Labute approximate surface area is 141 Å². The molecule has 0 radical (unpaired) electrons. The first-order valence-corrected chi connectivity index (χ1v) is 8.23. The van der Waals surface area contributed by atoms with Crippen LogP contribution >= 0.6 is 11.8 Å². The van der Waals surface area contributed by atoms with E-state index in [1.54, 1.807) is 18.9 Å². The van der Waals surface area contributed by atoms with Gasteiger partial charge in [0, 0.05) is 16.5 Å². The third-order valence-corrected chi connectivity index (χ3v) is 4.36. The predicted octanol–water partition coefficient (Wildman–Crippen LogP) is 4.59. The monoisotopic (exact) mass is 322 g/mol. The second kappa shape index (κ2) is 7.20. The molecular formula is C19H18N2OS. The van der Waals surface area contributed by atoms with Gasteiger partial charge in [0.2, 0.25) is 0 Å². The highest BCUT2D eigenvalue weighted by molar-refractivity contribution is 8.17. The summed E-state index contributed by atoms with van der Waals surface area (Å²) in [6.07, 6.45) is 1.86. The van der Waals surface area contributed by atoms with E-state index in [0.29, 0.717) is 6.54 Å². The molecule has 23 heavy (non-hydrogen) atoms. The lowest BCUT2D eigenvalue weighted by Crippen LogP contribution is -2.20. The van der Waals surface area contributed by atoms with Crippen molar-refractivity contribution in [2.75, 3.05) is 13.7 Å². The Morgan fingerprint density at radius 2 is 1.83 bits per heavy atom. The molecule has 0 atom stereocenters. The average Bonchev–Trinajstić information content (AvgIpc) is 2.63. The standard InChI is InChI=1S/C19H18N2OS/c1-3-13-21-18(15-9-11-17(22-2)12-10-15)14-23-19(20-21)16-7-5-4-6-8-16/h3-12,14H,1,13H2,2H3. The van der Waals surface area contributed by atoms with Crippen LogP contribution in [0.5, 0.6) is 5.75 Å². The van der Waals surface area contributed by atoms with Gasteiger partial charge in [-0.1, -0.05) is 48.2 Å². The molecule has 2 aromatic carbocycles. The van der Waals surface area contributed by atoms with Crippen molar-refractivity contribution in [2.24, 2.45) is 5.10 Å². The maximum atomic E-state index is 5.22. The lowest BCUT2D eigenvalue weighted by atomic mass is 10.1. The summed E-state index contributed by atoms with van der Waals surface area (Å²) in [4.78, 5) is 0. The number of rotatable bonds is 5. The first kappa shape index (κ1) is 15.4. The molecule has 0 aliphatic carbocycles. The van der Waals surface area contributed by atoms with Gasteiger partial charge in [-0.25, -0.2) is 0 Å². The van der Waals surface area contributed by atoms with Crippen LogP contribution in [0.25, 0.3) is 5.70 Å². The van der Waals surface area contributed by atoms with Crippen LogP contribution in [0, 0.1) is 0 Å². The smallest absolute Gasteiger partial charge is 0.128 e. The molecule has 0 unspecified atom stereocenters. The van der Waals surface area contributed by atoms with Gasteiger partial charge in [-0.2, -0.15) is 5.10 Å². The molecule has 1 heterocycles. The van der Waals surface area contributed by atoms with Gasteiger partial charge in [-0.3, -0.25) is 5.01 Å². The molecule has 0 saturated carbocycles. The lowest BCUT2D eigenvalue weighted by Gasteiger charge is -2.26. The molecular weight excluding hydrogens is 304 g/mol. The van der Waals surface area contributed by atoms with E-state index in [-0.39, 0.29) is 0 Å². The third-order valence-electron chi connectivity index (χ3n) is 3.48. The quantitative estimate of drug-likeness (QED) is 0.753. The summed E-state index contributed by atoms with van der Waals surface area (Å²) in [5.41, 5.74) is 3.30. The zero-order valence-corrected chi connectivity index (χ0v) is 13.8. The van der Waals surface area contributed by atoms with Crippen LogP contribution < -0.4 is 4.74 Å². The zero-order chi connectivity index (χ0) is 16.1. The highest BCUT2D eigenvalue weighted by Gasteiger charge is 2.17. The van der Waals surface area contributed by atoms with Gasteiger partial charge in [-0.05, 0) is 24.3 Å². The minimum Gasteiger partial charge on any atom is -0.497 e. The number of ether oxygens (including phenoxy) is 1. The van der Waals surface area contributed by atoms with Crippen molar-refractivity contribution in [3.8, 4) is 5.75 Å². The second-order valence-corrected chi connectivity index (χ2v) is 5.85. The van der Waals surface area contributed by atoms with E-state index in [2.05, 4.69) is 24.1 Å². The Kier molecular flexibility index (Phi) is 4.83. The van der Waals surface area contributed by atoms with Gasteiger partial charge in [0.15, 0.2) is 0 Å². The van der Waals surface area contributed by atoms with Crippen LogP contribution in [-0.4, -0.2) is 23.7 Å². The lowest BCUT2D eigenvalue weighted by molar-refractivity contribution is 0.414. The zero-order valence-electron chi connectivity index (χ0n) is 13.0. The normalized spacial score (nSPS) is 14.0. The summed E-state index contributed by atoms with van der Waals surface area (Å²) in [5, 5.41) is 9.89. The van der Waals surface area contributed by atoms with Gasteiger partial charge >= 0.3 is 0 Å². The molecule has 3 nitrogen and oxygen atoms in total. The van der Waals surface area contributed by atoms with Crippen LogP contribution in [0.4, 0.5) is 0 Å². The number of benzene rings is 2. The fourth-order valence-corrected chi connectivity index (χ4v) is 3.21. The Balaban J connectivity index is 1.90. The van der Waals surface area contributed by atoms with Crippen molar-refractivity contribution in [3.05, 3.63) is 83.8 Å². The summed E-state index contributed by atoms with van der Waals surface area (Å²) in [6, 6.07) is 18.2. The van der Waals surface area contributed by atoms with Crippen molar-refractivity contribution in [2.45, 2.75) is 0 Å². The van der Waals surface area contributed by atoms with E-state index in [1.165, 1.54) is 0 Å². The van der Waals surface area contributed by atoms with Crippen LogP contribution in [0.15, 0.2) is 77.8 Å². The number of hydrogen-bond donors (Lipinski definition) is 0. The van der Waals surface area contributed by atoms with Crippen molar-refractivity contribution in [3.63, 3.8) is 0 Å². The Bertz CT molecular complexity index is 736. The van der Waals surface area contributed by atoms with Crippen LogP contribution in [0.3, 0.4) is 0 Å². The molecule has 0 fully saturated rings. The summed E-state index contributed by atoms with van der Waals surface area (Å²) >= 11 is 1.64. The molecule has 0 N–H and O–H groups in total. The molecule has 1 aliphatic heterocycles. The van der Waals surface area contributed by atoms with Gasteiger partial charge < -0.3 is 4.74 Å². The van der Waals surface area contributed by atoms with E-state index < -0.39 is 0 Å². The summed E-state index contributed by atoms with van der Waals surface area (Å²) in [6.45, 7) is 4.50. The molecule has 0 saturated heterocycles. The van der Waals surface area contributed by atoms with Crippen molar-refractivity contribution >= 4 is 22.5 Å². The molecule has 1 aliphatic rings. The molecule has 0 amide bonds. The van der Waals surface area contributed by atoms with Gasteiger partial charge in [-0.15, -0.1) is 6.58 Å². The Hall–Kier alpha value is -2.46. The van der Waals surface area contributed by atoms with E-state index in [1.807, 2.05) is 53.5 Å². The van der Waals surface area contributed by atoms with E-state index in [4.69, 9.17) is 9.84 Å². The summed E-state index contributed by atoms with van der Waals surface area (Å²) < 4.78 is 5.22. The summed E-state index contributed by atoms with van der Waals surface area (Å²) in [5.74, 6) is 0.849. The van der Waals surface area contributed by atoms with Gasteiger partial charge in [0.1, 0.15) is 10.8 Å². The minimum absolute atomic E-state index is 0.661. The van der Waals surface area contributed by atoms with Crippen LogP contribution in [-0.2, 0) is 0 Å². The molecule has 3 rings (SSSR count). The van der Waals surface area contributed by atoms with E-state index >= 15 is 0 Å². The minimum atomic E-state index is 0.661. The number of thioether (sulfide) groups is 1. The highest BCUT2D eigenvalue weighted by Crippen LogP contribution is 2.31. The third kappa shape index (κ3) is 3.48. The maximum absolute atomic E-state index is 5.22. The molecule has 4 heteroatoms. The van der Waals surface area contributed by atoms with Crippen molar-refractivity contribution in [1.82, 2.24) is 5.01 Å². The molecule has 2 aromatic rings. The van der Waals surface area contributed by atoms with Crippen LogP contribution in [0.1, 0.15) is 11.1 Å². The maximum Gasteiger partial charge on any atom is 0.128 e. The topological polar surface area (TPSA) is 24.8 Å². The van der Waals surface area contributed by atoms with Crippen molar-refractivity contribution < 1.29 is 4.74 Å². The number of methoxy groups -OCH3 is 1. The van der Waals surface area contributed by atoms with E-state index in [0.717, 1.165) is 27.6 Å². The first-order valence-electron chi connectivity index (χ1n) is 7.35. The fourth-order valence-electron chi connectivity index (χ4n) is 2.31. The number of hydrazone groups is 1. The van der Waals surface area contributed by atoms with Crippen molar-refractivity contribution in [1.29, 1.82) is 0 Å².